The van der Waals surface area contributed by atoms with Gasteiger partial charge in [0.2, 0.25) is 0 Å². The Morgan fingerprint density at radius 3 is 2.30 bits per heavy atom. The second-order valence-electron chi connectivity index (χ2n) is 4.11. The molecule has 3 rings (SSSR count). The summed E-state index contributed by atoms with van der Waals surface area (Å²) in [5.74, 6) is 0.0634. The summed E-state index contributed by atoms with van der Waals surface area (Å²) in [6.45, 7) is 0. The van der Waals surface area contributed by atoms with Crippen LogP contribution in [-0.4, -0.2) is 11.0 Å². The van der Waals surface area contributed by atoms with E-state index in [2.05, 4.69) is 4.98 Å². The highest BCUT2D eigenvalue weighted by molar-refractivity contribution is 5.90. The van der Waals surface area contributed by atoms with Crippen molar-refractivity contribution >= 4 is 5.97 Å². The number of rotatable bonds is 3. The third kappa shape index (κ3) is 2.59. The molecule has 0 aliphatic rings. The smallest absolute Gasteiger partial charge is 0.402 e. The predicted octanol–water partition coefficient (Wildman–Crippen LogP) is 3.56. The SMILES string of the molecule is O=C(Oc1ncc(-c2ccccc2)o1)c1ccccc1. The molecule has 4 heteroatoms. The fourth-order valence-electron chi connectivity index (χ4n) is 1.75. The van der Waals surface area contributed by atoms with Gasteiger partial charge in [-0.2, -0.15) is 4.98 Å². The maximum Gasteiger partial charge on any atom is 0.402 e. The Labute approximate surface area is 115 Å². The van der Waals surface area contributed by atoms with Crippen LogP contribution in [0.2, 0.25) is 0 Å². The number of hydrogen-bond acceptors (Lipinski definition) is 4. The third-order valence-corrected chi connectivity index (χ3v) is 2.73. The van der Waals surface area contributed by atoms with E-state index in [-0.39, 0.29) is 6.08 Å². The second kappa shape index (κ2) is 5.40. The number of benzene rings is 2. The van der Waals surface area contributed by atoms with E-state index in [4.69, 9.17) is 9.15 Å². The predicted molar refractivity (Wildman–Crippen MR) is 73.3 cm³/mol. The van der Waals surface area contributed by atoms with Crippen molar-refractivity contribution in [3.8, 4) is 17.4 Å². The van der Waals surface area contributed by atoms with Gasteiger partial charge < -0.3 is 9.15 Å². The zero-order valence-corrected chi connectivity index (χ0v) is 10.5. The molecule has 0 unspecified atom stereocenters. The lowest BCUT2D eigenvalue weighted by Crippen LogP contribution is -2.08. The summed E-state index contributed by atoms with van der Waals surface area (Å²) >= 11 is 0. The van der Waals surface area contributed by atoms with E-state index >= 15 is 0 Å². The van der Waals surface area contributed by atoms with E-state index in [0.717, 1.165) is 5.56 Å². The molecular formula is C16H11NO3. The first-order valence-electron chi connectivity index (χ1n) is 6.11. The van der Waals surface area contributed by atoms with E-state index in [1.54, 1.807) is 24.3 Å². The van der Waals surface area contributed by atoms with Gasteiger partial charge in [0.1, 0.15) is 0 Å². The van der Waals surface area contributed by atoms with Gasteiger partial charge in [0.15, 0.2) is 5.76 Å². The van der Waals surface area contributed by atoms with Crippen LogP contribution in [0.4, 0.5) is 0 Å². The zero-order chi connectivity index (χ0) is 13.8. The van der Waals surface area contributed by atoms with Gasteiger partial charge in [0.25, 0.3) is 0 Å². The van der Waals surface area contributed by atoms with E-state index in [9.17, 15) is 4.79 Å². The van der Waals surface area contributed by atoms with E-state index in [1.165, 1.54) is 6.20 Å². The molecule has 0 saturated heterocycles. The van der Waals surface area contributed by atoms with Crippen molar-refractivity contribution in [3.05, 3.63) is 72.4 Å². The molecule has 1 heterocycles. The van der Waals surface area contributed by atoms with E-state index in [1.807, 2.05) is 36.4 Å². The van der Waals surface area contributed by atoms with Crippen molar-refractivity contribution in [1.29, 1.82) is 0 Å². The lowest BCUT2D eigenvalue weighted by Gasteiger charge is -1.99. The van der Waals surface area contributed by atoms with Crippen molar-refractivity contribution < 1.29 is 13.9 Å². The van der Waals surface area contributed by atoms with Gasteiger partial charge in [-0.25, -0.2) is 4.79 Å². The summed E-state index contributed by atoms with van der Waals surface area (Å²) in [6.07, 6.45) is 1.47. The molecule has 0 spiro atoms. The number of hydrogen-bond donors (Lipinski definition) is 0. The minimum Gasteiger partial charge on any atom is -0.409 e. The Kier molecular flexibility index (Phi) is 3.29. The monoisotopic (exact) mass is 265 g/mol. The highest BCUT2D eigenvalue weighted by Crippen LogP contribution is 2.23. The van der Waals surface area contributed by atoms with E-state index < -0.39 is 5.97 Å². The summed E-state index contributed by atoms with van der Waals surface area (Å²) < 4.78 is 10.5. The fourth-order valence-corrected chi connectivity index (χ4v) is 1.75. The zero-order valence-electron chi connectivity index (χ0n) is 10.5. The van der Waals surface area contributed by atoms with E-state index in [0.29, 0.717) is 11.3 Å². The molecule has 98 valence electrons. The Bertz CT molecular complexity index is 705. The van der Waals surface area contributed by atoms with Crippen LogP contribution in [-0.2, 0) is 0 Å². The first-order valence-corrected chi connectivity index (χ1v) is 6.11. The van der Waals surface area contributed by atoms with Gasteiger partial charge in [0, 0.05) is 5.56 Å². The van der Waals surface area contributed by atoms with Crippen LogP contribution < -0.4 is 4.74 Å². The number of oxazole rings is 1. The number of aromatic nitrogens is 1. The molecular weight excluding hydrogens is 254 g/mol. The fraction of sp³-hybridized carbons (Fsp3) is 0. The van der Waals surface area contributed by atoms with Gasteiger partial charge in [-0.05, 0) is 12.1 Å². The normalized spacial score (nSPS) is 10.2. The van der Waals surface area contributed by atoms with Crippen LogP contribution in [0.25, 0.3) is 11.3 Å². The second-order valence-corrected chi connectivity index (χ2v) is 4.11. The molecule has 0 N–H and O–H groups in total. The lowest BCUT2D eigenvalue weighted by molar-refractivity contribution is 0.0684. The molecule has 4 nitrogen and oxygen atoms in total. The molecule has 0 aliphatic heterocycles. The minimum absolute atomic E-state index is 0.0577. The Balaban J connectivity index is 1.77. The van der Waals surface area contributed by atoms with Gasteiger partial charge in [-0.15, -0.1) is 0 Å². The summed E-state index contributed by atoms with van der Waals surface area (Å²) in [4.78, 5) is 15.8. The number of carbonyl (C=O) groups excluding carboxylic acids is 1. The molecule has 3 aromatic rings. The Hall–Kier alpha value is -2.88. The van der Waals surface area contributed by atoms with Crippen LogP contribution in [0.3, 0.4) is 0 Å². The van der Waals surface area contributed by atoms with Crippen LogP contribution in [0, 0.1) is 0 Å². The molecule has 0 bridgehead atoms. The third-order valence-electron chi connectivity index (χ3n) is 2.73. The van der Waals surface area contributed by atoms with Gasteiger partial charge in [-0.3, -0.25) is 0 Å². The van der Waals surface area contributed by atoms with Crippen molar-refractivity contribution in [2.75, 3.05) is 0 Å². The van der Waals surface area contributed by atoms with Crippen molar-refractivity contribution in [2.24, 2.45) is 0 Å². The van der Waals surface area contributed by atoms with Crippen molar-refractivity contribution in [2.45, 2.75) is 0 Å². The largest absolute Gasteiger partial charge is 0.409 e. The molecule has 0 radical (unpaired) electrons. The summed E-state index contributed by atoms with van der Waals surface area (Å²) in [6, 6.07) is 18.2. The highest BCUT2D eigenvalue weighted by Gasteiger charge is 2.13. The van der Waals surface area contributed by atoms with Crippen LogP contribution in [0.5, 0.6) is 6.08 Å². The Morgan fingerprint density at radius 2 is 1.60 bits per heavy atom. The Morgan fingerprint density at radius 1 is 0.950 bits per heavy atom. The molecule has 0 amide bonds. The molecule has 0 atom stereocenters. The molecule has 0 saturated carbocycles. The summed E-state index contributed by atoms with van der Waals surface area (Å²) in [5.41, 5.74) is 1.33. The molecule has 0 fully saturated rings. The summed E-state index contributed by atoms with van der Waals surface area (Å²) in [7, 11) is 0. The first kappa shape index (κ1) is 12.2. The number of ether oxygens (including phenoxy) is 1. The number of carbonyl (C=O) groups is 1. The standard InChI is InChI=1S/C16H11NO3/c18-15(13-9-5-2-6-10-13)20-16-17-11-14(19-16)12-7-3-1-4-8-12/h1-11H. The number of nitrogens with zero attached hydrogens (tertiary/aromatic N) is 1. The van der Waals surface area contributed by atoms with Crippen LogP contribution in [0.15, 0.2) is 71.3 Å². The molecule has 1 aromatic heterocycles. The minimum atomic E-state index is -0.493. The van der Waals surface area contributed by atoms with Crippen LogP contribution in [0.1, 0.15) is 10.4 Å². The average molecular weight is 265 g/mol. The average Bonchev–Trinajstić information content (AvgIpc) is 2.97. The molecule has 20 heavy (non-hydrogen) atoms. The topological polar surface area (TPSA) is 52.3 Å². The molecule has 0 aliphatic carbocycles. The van der Waals surface area contributed by atoms with Crippen molar-refractivity contribution in [3.63, 3.8) is 0 Å². The number of esters is 1. The summed E-state index contributed by atoms with van der Waals surface area (Å²) in [5, 5.41) is 0. The van der Waals surface area contributed by atoms with Gasteiger partial charge >= 0.3 is 12.0 Å². The lowest BCUT2D eigenvalue weighted by atomic mass is 10.2. The quantitative estimate of drug-likeness (QED) is 0.679. The highest BCUT2D eigenvalue weighted by atomic mass is 16.6. The van der Waals surface area contributed by atoms with Crippen LogP contribution >= 0.6 is 0 Å². The molecule has 2 aromatic carbocycles. The maximum atomic E-state index is 11.8. The maximum absolute atomic E-state index is 11.8. The van der Waals surface area contributed by atoms with Crippen molar-refractivity contribution in [1.82, 2.24) is 4.98 Å². The van der Waals surface area contributed by atoms with Gasteiger partial charge in [0.05, 0.1) is 11.8 Å². The van der Waals surface area contributed by atoms with Gasteiger partial charge in [-0.1, -0.05) is 48.5 Å². The first-order chi connectivity index (χ1) is 9.83.